The summed E-state index contributed by atoms with van der Waals surface area (Å²) < 4.78 is 1.26. The van der Waals surface area contributed by atoms with Crippen molar-refractivity contribution >= 4 is 15.7 Å². The molecule has 0 saturated carbocycles. The van der Waals surface area contributed by atoms with E-state index in [2.05, 4.69) is 93.5 Å². The second-order valence-corrected chi connectivity index (χ2v) is 7.83. The second kappa shape index (κ2) is 6.44. The van der Waals surface area contributed by atoms with Gasteiger partial charge in [-0.2, -0.15) is 0 Å². The molecule has 24 heavy (non-hydrogen) atoms. The number of benzene rings is 2. The van der Waals surface area contributed by atoms with Gasteiger partial charge < -0.3 is 0 Å². The minimum absolute atomic E-state index is 1.03. The van der Waals surface area contributed by atoms with Gasteiger partial charge in [-0.3, -0.25) is 0 Å². The molecule has 1 fully saturated rings. The second-order valence-electron chi connectivity index (χ2n) is 7.06. The average molecular weight is 408 g/mol. The summed E-state index contributed by atoms with van der Waals surface area (Å²) in [5.41, 5.74) is 10.8. The van der Waals surface area contributed by atoms with Gasteiger partial charge in [0.15, 0.2) is 0 Å². The first kappa shape index (κ1) is 17.4. The van der Waals surface area contributed by atoms with E-state index in [9.17, 15) is 0 Å². The summed E-state index contributed by atoms with van der Waals surface area (Å²) in [6.45, 7) is 15.3. The minimum atomic E-state index is 1.03. The molecule has 2 aromatic carbocycles. The molecule has 2 aromatic rings. The fraction of sp³-hybridized carbons (Fsp3) is 0.381. The van der Waals surface area contributed by atoms with Crippen LogP contribution in [0, 0.1) is 41.5 Å². The van der Waals surface area contributed by atoms with Gasteiger partial charge in [-0.1, -0.05) is 0 Å². The first-order valence-corrected chi connectivity index (χ1v) is 9.38. The Hall–Kier alpha value is -1.47. The molecule has 2 nitrogen and oxygen atoms in total. The van der Waals surface area contributed by atoms with Gasteiger partial charge in [-0.05, 0) is 0 Å². The molecule has 0 N–H and O–H groups in total. The standard InChI is InChI=1S/C21H26N2.Ru/c1-14-9-16(3)20(17(4)10-14)22-7-8-23(13-22)21-18(5)11-15(2)12-19(21)6;/h9-12H,7-8H2,1-6H3;/q;+1. The van der Waals surface area contributed by atoms with E-state index >= 15 is 0 Å². The zero-order valence-electron chi connectivity index (χ0n) is 15.5. The molecule has 1 heterocycles. The van der Waals surface area contributed by atoms with E-state index in [0.717, 1.165) is 13.1 Å². The molecule has 0 spiro atoms. The van der Waals surface area contributed by atoms with E-state index in [1.54, 1.807) is 0 Å². The van der Waals surface area contributed by atoms with Gasteiger partial charge in [-0.25, -0.2) is 0 Å². The monoisotopic (exact) mass is 408 g/mol. The van der Waals surface area contributed by atoms with Gasteiger partial charge in [0, 0.05) is 0 Å². The van der Waals surface area contributed by atoms with Crippen LogP contribution in [0.15, 0.2) is 24.3 Å². The first-order valence-electron chi connectivity index (χ1n) is 8.51. The molecule has 1 saturated heterocycles. The van der Waals surface area contributed by atoms with Crippen molar-refractivity contribution in [2.45, 2.75) is 41.5 Å². The Morgan fingerprint density at radius 1 is 0.625 bits per heavy atom. The van der Waals surface area contributed by atoms with Crippen LogP contribution in [0.1, 0.15) is 33.4 Å². The van der Waals surface area contributed by atoms with Crippen LogP contribution in [0.5, 0.6) is 0 Å². The predicted octanol–water partition coefficient (Wildman–Crippen LogP) is 4.50. The molecule has 0 aromatic heterocycles. The Bertz CT molecular complexity index is 709. The summed E-state index contributed by atoms with van der Waals surface area (Å²) in [6, 6.07) is 9.14. The van der Waals surface area contributed by atoms with Gasteiger partial charge in [-0.15, -0.1) is 0 Å². The van der Waals surface area contributed by atoms with E-state index < -0.39 is 0 Å². The number of anilines is 2. The van der Waals surface area contributed by atoms with E-state index in [-0.39, 0.29) is 0 Å². The third kappa shape index (κ3) is 2.95. The summed E-state index contributed by atoms with van der Waals surface area (Å²) in [5, 5.41) is 0. The molecule has 0 bridgehead atoms. The Balaban J connectivity index is 2.00. The van der Waals surface area contributed by atoms with E-state index in [4.69, 9.17) is 0 Å². The molecule has 0 amide bonds. The van der Waals surface area contributed by atoms with Crippen LogP contribution in [0.25, 0.3) is 0 Å². The molecular weight excluding hydrogens is 381 g/mol. The van der Waals surface area contributed by atoms with Crippen molar-refractivity contribution in [3.8, 4) is 0 Å². The van der Waals surface area contributed by atoms with E-state index in [0.29, 0.717) is 0 Å². The molecule has 1 aliphatic rings. The zero-order chi connectivity index (χ0) is 17.6. The molecule has 0 atom stereocenters. The Labute approximate surface area is 155 Å². The van der Waals surface area contributed by atoms with Crippen LogP contribution in [-0.2, 0) is 17.9 Å². The quantitative estimate of drug-likeness (QED) is 0.677. The molecule has 0 aliphatic carbocycles. The Morgan fingerprint density at radius 2 is 0.917 bits per heavy atom. The van der Waals surface area contributed by atoms with Gasteiger partial charge in [0.1, 0.15) is 0 Å². The maximum atomic E-state index is 2.86. The van der Waals surface area contributed by atoms with Crippen molar-refractivity contribution in [2.24, 2.45) is 0 Å². The number of rotatable bonds is 2. The van der Waals surface area contributed by atoms with Crippen LogP contribution in [0.4, 0.5) is 11.4 Å². The van der Waals surface area contributed by atoms with Crippen molar-refractivity contribution in [3.05, 3.63) is 57.6 Å². The van der Waals surface area contributed by atoms with Crippen LogP contribution in [0.2, 0.25) is 0 Å². The van der Waals surface area contributed by atoms with Gasteiger partial charge >= 0.3 is 156 Å². The van der Waals surface area contributed by atoms with Gasteiger partial charge in [0.05, 0.1) is 0 Å². The maximum absolute atomic E-state index is 2.86. The predicted molar refractivity (Wildman–Crippen MR) is 101 cm³/mol. The topological polar surface area (TPSA) is 6.48 Å². The molecule has 3 heteroatoms. The Morgan fingerprint density at radius 3 is 1.21 bits per heavy atom. The number of hydrogen-bond donors (Lipinski definition) is 0. The van der Waals surface area contributed by atoms with Crippen LogP contribution in [-0.4, -0.2) is 17.4 Å². The van der Waals surface area contributed by atoms with Gasteiger partial charge in [0.2, 0.25) is 0 Å². The Kier molecular flexibility index (Phi) is 4.66. The molecule has 3 rings (SSSR count). The van der Waals surface area contributed by atoms with Crippen molar-refractivity contribution in [1.29, 1.82) is 0 Å². The first-order chi connectivity index (χ1) is 11.3. The fourth-order valence-corrected chi connectivity index (χ4v) is 4.90. The van der Waals surface area contributed by atoms with Crippen molar-refractivity contribution < 1.29 is 17.9 Å². The molecule has 0 radical (unpaired) electrons. The number of nitrogens with zero attached hydrogens (tertiary/aromatic N) is 2. The summed E-state index contributed by atoms with van der Waals surface area (Å²) in [4.78, 5) is 4.92. The summed E-state index contributed by atoms with van der Waals surface area (Å²) in [6.07, 6.45) is 0. The SMILES string of the molecule is Cc1cc(C)c(N2CCN(c3c(C)cc(C)cc3C)[C]2=[Ru+])c(C)c1. The average Bonchev–Trinajstić information content (AvgIpc) is 2.79. The third-order valence-corrected chi connectivity index (χ3v) is 5.73. The summed E-state index contributed by atoms with van der Waals surface area (Å²) >= 11 is 2.86. The summed E-state index contributed by atoms with van der Waals surface area (Å²) in [7, 11) is 0. The summed E-state index contributed by atoms with van der Waals surface area (Å²) in [5.74, 6) is 0. The van der Waals surface area contributed by atoms with E-state index in [1.807, 2.05) is 0 Å². The molecule has 1 aliphatic heterocycles. The van der Waals surface area contributed by atoms with E-state index in [1.165, 1.54) is 49.1 Å². The molecule has 127 valence electrons. The van der Waals surface area contributed by atoms with Crippen molar-refractivity contribution in [2.75, 3.05) is 22.9 Å². The molecule has 0 unspecified atom stereocenters. The fourth-order valence-electron chi connectivity index (χ4n) is 4.12. The van der Waals surface area contributed by atoms with Gasteiger partial charge in [0.25, 0.3) is 0 Å². The normalized spacial score (nSPS) is 14.7. The van der Waals surface area contributed by atoms with Crippen LogP contribution < -0.4 is 9.80 Å². The van der Waals surface area contributed by atoms with Crippen molar-refractivity contribution in [3.63, 3.8) is 0 Å². The number of aryl methyl sites for hydroxylation is 6. The van der Waals surface area contributed by atoms with Crippen LogP contribution >= 0.6 is 0 Å². The molecular formula is C21H26N2Ru+. The van der Waals surface area contributed by atoms with Crippen LogP contribution in [0.3, 0.4) is 0 Å². The van der Waals surface area contributed by atoms with Crippen molar-refractivity contribution in [1.82, 2.24) is 0 Å². The number of hydrogen-bond acceptors (Lipinski definition) is 2. The third-order valence-electron chi connectivity index (χ3n) is 4.79. The zero-order valence-corrected chi connectivity index (χ0v) is 17.2.